The molecule has 0 bridgehead atoms. The third kappa shape index (κ3) is 4.43. The average molecular weight is 337 g/mol. The fourth-order valence-corrected chi connectivity index (χ4v) is 2.64. The van der Waals surface area contributed by atoms with Gasteiger partial charge in [-0.3, -0.25) is 0 Å². The van der Waals surface area contributed by atoms with Crippen molar-refractivity contribution in [1.29, 1.82) is 0 Å². The maximum absolute atomic E-state index is 5.81. The fourth-order valence-electron chi connectivity index (χ4n) is 2.64. The van der Waals surface area contributed by atoms with Crippen LogP contribution in [-0.4, -0.2) is 19.8 Å². The SMILES string of the molecule is CCOc1cc(CN)ccc1OCCOc1ccc2ccccc2c1. The summed E-state index contributed by atoms with van der Waals surface area (Å²) in [6.45, 7) is 3.91. The second-order valence-electron chi connectivity index (χ2n) is 5.62. The Balaban J connectivity index is 1.57. The minimum atomic E-state index is 0.439. The summed E-state index contributed by atoms with van der Waals surface area (Å²) in [4.78, 5) is 0. The van der Waals surface area contributed by atoms with Crippen molar-refractivity contribution < 1.29 is 14.2 Å². The van der Waals surface area contributed by atoms with E-state index in [4.69, 9.17) is 19.9 Å². The predicted octanol–water partition coefficient (Wildman–Crippen LogP) is 4.16. The first-order valence-corrected chi connectivity index (χ1v) is 8.50. The summed E-state index contributed by atoms with van der Waals surface area (Å²) >= 11 is 0. The first-order valence-electron chi connectivity index (χ1n) is 8.50. The largest absolute Gasteiger partial charge is 0.490 e. The maximum Gasteiger partial charge on any atom is 0.161 e. The monoisotopic (exact) mass is 337 g/mol. The van der Waals surface area contributed by atoms with E-state index < -0.39 is 0 Å². The summed E-state index contributed by atoms with van der Waals surface area (Å²) in [7, 11) is 0. The number of benzene rings is 3. The standard InChI is InChI=1S/C21H23NO3/c1-2-23-21-13-16(15-22)7-10-20(21)25-12-11-24-19-9-8-17-5-3-4-6-18(17)14-19/h3-10,13-14H,2,11-12,15,22H2,1H3. The lowest BCUT2D eigenvalue weighted by atomic mass is 10.1. The second-order valence-corrected chi connectivity index (χ2v) is 5.62. The molecule has 3 aromatic rings. The molecule has 0 radical (unpaired) electrons. The van der Waals surface area contributed by atoms with Gasteiger partial charge in [0.05, 0.1) is 6.61 Å². The third-order valence-electron chi connectivity index (χ3n) is 3.87. The summed E-state index contributed by atoms with van der Waals surface area (Å²) in [5, 5.41) is 2.37. The molecule has 4 nitrogen and oxygen atoms in total. The fraction of sp³-hybridized carbons (Fsp3) is 0.238. The van der Waals surface area contributed by atoms with Crippen molar-refractivity contribution in [2.75, 3.05) is 19.8 Å². The van der Waals surface area contributed by atoms with E-state index in [1.807, 2.05) is 49.4 Å². The van der Waals surface area contributed by atoms with Crippen molar-refractivity contribution in [2.45, 2.75) is 13.5 Å². The molecule has 0 saturated heterocycles. The Labute approximate surface area is 148 Å². The molecule has 2 N–H and O–H groups in total. The zero-order chi connectivity index (χ0) is 17.5. The molecule has 0 amide bonds. The summed E-state index contributed by atoms with van der Waals surface area (Å²) < 4.78 is 17.2. The van der Waals surface area contributed by atoms with E-state index in [9.17, 15) is 0 Å². The van der Waals surface area contributed by atoms with Gasteiger partial charge in [0.25, 0.3) is 0 Å². The van der Waals surface area contributed by atoms with Gasteiger partial charge in [-0.15, -0.1) is 0 Å². The topological polar surface area (TPSA) is 53.7 Å². The van der Waals surface area contributed by atoms with Crippen molar-refractivity contribution in [2.24, 2.45) is 5.73 Å². The van der Waals surface area contributed by atoms with Gasteiger partial charge < -0.3 is 19.9 Å². The summed E-state index contributed by atoms with van der Waals surface area (Å²) in [6.07, 6.45) is 0. The van der Waals surface area contributed by atoms with Crippen LogP contribution in [0.4, 0.5) is 0 Å². The Kier molecular flexibility index (Phi) is 5.75. The van der Waals surface area contributed by atoms with Crippen molar-refractivity contribution in [3.63, 3.8) is 0 Å². The molecule has 0 aliphatic carbocycles. The molecule has 0 aliphatic heterocycles. The van der Waals surface area contributed by atoms with Crippen LogP contribution in [0.3, 0.4) is 0 Å². The first-order chi connectivity index (χ1) is 12.3. The first kappa shape index (κ1) is 17.1. The molecule has 0 saturated carbocycles. The molecule has 0 spiro atoms. The Morgan fingerprint density at radius 2 is 1.56 bits per heavy atom. The van der Waals surface area contributed by atoms with Gasteiger partial charge in [-0.1, -0.05) is 36.4 Å². The molecule has 3 aromatic carbocycles. The van der Waals surface area contributed by atoms with Gasteiger partial charge in [0.15, 0.2) is 11.5 Å². The number of nitrogens with two attached hydrogens (primary N) is 1. The smallest absolute Gasteiger partial charge is 0.161 e. The quantitative estimate of drug-likeness (QED) is 0.627. The van der Waals surface area contributed by atoms with Crippen molar-refractivity contribution in [3.05, 3.63) is 66.2 Å². The molecule has 130 valence electrons. The van der Waals surface area contributed by atoms with Gasteiger partial charge in [0.2, 0.25) is 0 Å². The number of ether oxygens (including phenoxy) is 3. The normalized spacial score (nSPS) is 10.6. The van der Waals surface area contributed by atoms with Gasteiger partial charge in [-0.25, -0.2) is 0 Å². The highest BCUT2D eigenvalue weighted by atomic mass is 16.5. The number of hydrogen-bond donors (Lipinski definition) is 1. The van der Waals surface area contributed by atoms with Crippen LogP contribution >= 0.6 is 0 Å². The highest BCUT2D eigenvalue weighted by molar-refractivity contribution is 5.83. The van der Waals surface area contributed by atoms with Gasteiger partial charge in [-0.2, -0.15) is 0 Å². The highest BCUT2D eigenvalue weighted by Crippen LogP contribution is 2.28. The molecule has 4 heteroatoms. The van der Waals surface area contributed by atoms with E-state index in [1.54, 1.807) is 0 Å². The summed E-state index contributed by atoms with van der Waals surface area (Å²) in [5.41, 5.74) is 6.69. The average Bonchev–Trinajstić information content (AvgIpc) is 2.66. The Bertz CT molecular complexity index is 832. The summed E-state index contributed by atoms with van der Waals surface area (Å²) in [5.74, 6) is 2.27. The number of rotatable bonds is 8. The summed E-state index contributed by atoms with van der Waals surface area (Å²) in [6, 6.07) is 20.0. The molecule has 3 rings (SSSR count). The third-order valence-corrected chi connectivity index (χ3v) is 3.87. The predicted molar refractivity (Wildman–Crippen MR) is 100 cm³/mol. The minimum Gasteiger partial charge on any atom is -0.490 e. The number of fused-ring (bicyclic) bond motifs is 1. The van der Waals surface area contributed by atoms with Crippen LogP contribution in [0.5, 0.6) is 17.2 Å². The lowest BCUT2D eigenvalue weighted by molar-refractivity contribution is 0.208. The van der Waals surface area contributed by atoms with Crippen molar-refractivity contribution in [1.82, 2.24) is 0 Å². The van der Waals surface area contributed by atoms with Gasteiger partial charge in [0.1, 0.15) is 19.0 Å². The van der Waals surface area contributed by atoms with Gasteiger partial charge in [-0.05, 0) is 47.5 Å². The Morgan fingerprint density at radius 3 is 2.36 bits per heavy atom. The van der Waals surface area contributed by atoms with E-state index >= 15 is 0 Å². The molecule has 0 heterocycles. The van der Waals surface area contributed by atoms with E-state index in [2.05, 4.69) is 18.2 Å². The van der Waals surface area contributed by atoms with E-state index in [0.717, 1.165) is 22.4 Å². The molecule has 0 fully saturated rings. The van der Waals surface area contributed by atoms with Crippen LogP contribution in [0.25, 0.3) is 10.8 Å². The zero-order valence-electron chi connectivity index (χ0n) is 14.4. The van der Waals surface area contributed by atoms with E-state index in [0.29, 0.717) is 32.1 Å². The van der Waals surface area contributed by atoms with Crippen LogP contribution in [0, 0.1) is 0 Å². The molecule has 0 unspecified atom stereocenters. The van der Waals surface area contributed by atoms with Crippen LogP contribution in [-0.2, 0) is 6.54 Å². The van der Waals surface area contributed by atoms with Crippen LogP contribution < -0.4 is 19.9 Å². The minimum absolute atomic E-state index is 0.439. The molecular formula is C21H23NO3. The highest BCUT2D eigenvalue weighted by Gasteiger charge is 2.06. The Morgan fingerprint density at radius 1 is 0.760 bits per heavy atom. The van der Waals surface area contributed by atoms with Gasteiger partial charge in [0, 0.05) is 6.54 Å². The molecule has 25 heavy (non-hydrogen) atoms. The van der Waals surface area contributed by atoms with Crippen LogP contribution in [0.2, 0.25) is 0 Å². The van der Waals surface area contributed by atoms with Gasteiger partial charge >= 0.3 is 0 Å². The van der Waals surface area contributed by atoms with Crippen molar-refractivity contribution >= 4 is 10.8 Å². The van der Waals surface area contributed by atoms with Crippen LogP contribution in [0.15, 0.2) is 60.7 Å². The zero-order valence-corrected chi connectivity index (χ0v) is 14.4. The second kappa shape index (κ2) is 8.40. The Hall–Kier alpha value is -2.72. The van der Waals surface area contributed by atoms with Crippen molar-refractivity contribution in [3.8, 4) is 17.2 Å². The van der Waals surface area contributed by atoms with E-state index in [1.165, 1.54) is 5.39 Å². The van der Waals surface area contributed by atoms with Crippen LogP contribution in [0.1, 0.15) is 12.5 Å². The molecule has 0 atom stereocenters. The molecule has 0 aliphatic rings. The maximum atomic E-state index is 5.81. The molecular weight excluding hydrogens is 314 g/mol. The lowest BCUT2D eigenvalue weighted by Crippen LogP contribution is -2.10. The number of hydrogen-bond acceptors (Lipinski definition) is 4. The molecule has 0 aromatic heterocycles. The lowest BCUT2D eigenvalue weighted by Gasteiger charge is -2.13. The van der Waals surface area contributed by atoms with E-state index in [-0.39, 0.29) is 0 Å².